The number of rotatable bonds is 7. The molecule has 6 nitrogen and oxygen atoms in total. The largest absolute Gasteiger partial charge is 0.493 e. The van der Waals surface area contributed by atoms with Gasteiger partial charge in [-0.2, -0.15) is 0 Å². The van der Waals surface area contributed by atoms with Gasteiger partial charge >= 0.3 is 0 Å². The summed E-state index contributed by atoms with van der Waals surface area (Å²) in [6.45, 7) is 1.31. The van der Waals surface area contributed by atoms with Crippen LogP contribution < -0.4 is 14.8 Å². The maximum absolute atomic E-state index is 12.0. The lowest BCUT2D eigenvalue weighted by Crippen LogP contribution is -2.19. The summed E-state index contributed by atoms with van der Waals surface area (Å²) < 4.78 is 16.0. The molecule has 0 atom stereocenters. The van der Waals surface area contributed by atoms with Crippen LogP contribution in [0.15, 0.2) is 41.0 Å². The summed E-state index contributed by atoms with van der Waals surface area (Å²) >= 11 is 0. The molecule has 1 aromatic carbocycles. The summed E-state index contributed by atoms with van der Waals surface area (Å²) in [4.78, 5) is 14.0. The summed E-state index contributed by atoms with van der Waals surface area (Å²) in [5.74, 6) is 1.15. The number of anilines is 1. The van der Waals surface area contributed by atoms with Crippen molar-refractivity contribution < 1.29 is 18.7 Å². The molecule has 2 rings (SSSR count). The minimum absolute atomic E-state index is 0.255. The molecule has 0 fully saturated rings. The van der Waals surface area contributed by atoms with E-state index in [2.05, 4.69) is 5.32 Å². The van der Waals surface area contributed by atoms with Gasteiger partial charge in [-0.25, -0.2) is 0 Å². The summed E-state index contributed by atoms with van der Waals surface area (Å²) in [5, 5.41) is 2.76. The van der Waals surface area contributed by atoms with Crippen LogP contribution in [0, 0.1) is 0 Å². The van der Waals surface area contributed by atoms with Crippen molar-refractivity contribution in [3.05, 3.63) is 42.4 Å². The lowest BCUT2D eigenvalue weighted by molar-refractivity contribution is 0.0996. The van der Waals surface area contributed by atoms with Crippen LogP contribution in [0.4, 0.5) is 5.69 Å². The van der Waals surface area contributed by atoms with E-state index in [0.29, 0.717) is 23.8 Å². The van der Waals surface area contributed by atoms with Gasteiger partial charge in [0.25, 0.3) is 5.91 Å². The van der Waals surface area contributed by atoms with E-state index in [1.54, 1.807) is 37.4 Å². The van der Waals surface area contributed by atoms with E-state index in [-0.39, 0.29) is 11.7 Å². The Hall–Kier alpha value is -2.47. The van der Waals surface area contributed by atoms with E-state index >= 15 is 0 Å². The van der Waals surface area contributed by atoms with Crippen molar-refractivity contribution in [3.8, 4) is 11.5 Å². The second kappa shape index (κ2) is 7.51. The first-order chi connectivity index (χ1) is 10.6. The number of amides is 1. The Morgan fingerprint density at radius 1 is 1.27 bits per heavy atom. The van der Waals surface area contributed by atoms with E-state index in [4.69, 9.17) is 13.9 Å². The molecule has 0 bridgehead atoms. The van der Waals surface area contributed by atoms with Gasteiger partial charge < -0.3 is 24.1 Å². The van der Waals surface area contributed by atoms with Gasteiger partial charge in [-0.3, -0.25) is 4.79 Å². The third-order valence-electron chi connectivity index (χ3n) is 2.96. The van der Waals surface area contributed by atoms with E-state index < -0.39 is 0 Å². The van der Waals surface area contributed by atoms with Crippen molar-refractivity contribution >= 4 is 11.6 Å². The zero-order valence-corrected chi connectivity index (χ0v) is 13.0. The average molecular weight is 304 g/mol. The molecule has 0 unspecified atom stereocenters. The quantitative estimate of drug-likeness (QED) is 0.851. The van der Waals surface area contributed by atoms with Crippen molar-refractivity contribution in [3.63, 3.8) is 0 Å². The van der Waals surface area contributed by atoms with Gasteiger partial charge in [0.2, 0.25) is 0 Å². The number of benzene rings is 1. The highest BCUT2D eigenvalue weighted by Gasteiger charge is 2.11. The Bertz CT molecular complexity index is 609. The fraction of sp³-hybridized carbons (Fsp3) is 0.312. The third-order valence-corrected chi connectivity index (χ3v) is 2.96. The normalized spacial score (nSPS) is 10.5. The lowest BCUT2D eigenvalue weighted by atomic mass is 10.2. The van der Waals surface area contributed by atoms with E-state index in [0.717, 1.165) is 6.54 Å². The monoisotopic (exact) mass is 304 g/mol. The molecule has 1 amide bonds. The van der Waals surface area contributed by atoms with Crippen LogP contribution in [-0.4, -0.2) is 45.2 Å². The van der Waals surface area contributed by atoms with Crippen LogP contribution in [0.3, 0.4) is 0 Å². The second-order valence-electron chi connectivity index (χ2n) is 4.95. The molecule has 6 heteroatoms. The summed E-state index contributed by atoms with van der Waals surface area (Å²) in [6.07, 6.45) is 1.46. The topological polar surface area (TPSA) is 63.9 Å². The van der Waals surface area contributed by atoms with Crippen LogP contribution in [0.1, 0.15) is 10.6 Å². The van der Waals surface area contributed by atoms with Crippen LogP contribution >= 0.6 is 0 Å². The van der Waals surface area contributed by atoms with Crippen molar-refractivity contribution in [2.45, 2.75) is 0 Å². The molecule has 0 radical (unpaired) electrons. The first-order valence-electron chi connectivity index (χ1n) is 6.90. The first kappa shape index (κ1) is 15.9. The SMILES string of the molecule is COc1ccc(NC(=O)c2ccco2)cc1OCCN(C)C. The van der Waals surface area contributed by atoms with Gasteiger partial charge in [-0.1, -0.05) is 0 Å². The maximum atomic E-state index is 12.0. The summed E-state index contributed by atoms with van der Waals surface area (Å²) in [5.41, 5.74) is 0.613. The van der Waals surface area contributed by atoms with Gasteiger partial charge in [0, 0.05) is 18.3 Å². The maximum Gasteiger partial charge on any atom is 0.291 e. The van der Waals surface area contributed by atoms with Crippen LogP contribution in [0.5, 0.6) is 11.5 Å². The summed E-state index contributed by atoms with van der Waals surface area (Å²) in [6, 6.07) is 8.50. The number of likely N-dealkylation sites (N-methyl/N-ethyl adjacent to an activating group) is 1. The molecule has 2 aromatic rings. The Kier molecular flexibility index (Phi) is 5.43. The van der Waals surface area contributed by atoms with Gasteiger partial charge in [0.1, 0.15) is 6.61 Å². The molecule has 0 aliphatic heterocycles. The Morgan fingerprint density at radius 3 is 2.73 bits per heavy atom. The van der Waals surface area contributed by atoms with Gasteiger partial charge in [0.05, 0.1) is 13.4 Å². The molecule has 1 N–H and O–H groups in total. The highest BCUT2D eigenvalue weighted by Crippen LogP contribution is 2.30. The van der Waals surface area contributed by atoms with Gasteiger partial charge in [-0.15, -0.1) is 0 Å². The molecule has 1 heterocycles. The fourth-order valence-electron chi connectivity index (χ4n) is 1.81. The third kappa shape index (κ3) is 4.26. The smallest absolute Gasteiger partial charge is 0.291 e. The number of nitrogens with one attached hydrogen (secondary N) is 1. The molecule has 0 saturated heterocycles. The van der Waals surface area contributed by atoms with Gasteiger partial charge in [-0.05, 0) is 38.4 Å². The zero-order valence-electron chi connectivity index (χ0n) is 13.0. The molecule has 0 aliphatic carbocycles. The highest BCUT2D eigenvalue weighted by molar-refractivity contribution is 6.02. The second-order valence-corrected chi connectivity index (χ2v) is 4.95. The summed E-state index contributed by atoms with van der Waals surface area (Å²) in [7, 11) is 5.52. The Labute approximate surface area is 129 Å². The lowest BCUT2D eigenvalue weighted by Gasteiger charge is -2.14. The minimum atomic E-state index is -0.311. The van der Waals surface area contributed by atoms with Crippen LogP contribution in [-0.2, 0) is 0 Å². The van der Waals surface area contributed by atoms with Crippen molar-refractivity contribution in [2.24, 2.45) is 0 Å². The van der Waals surface area contributed by atoms with Gasteiger partial charge in [0.15, 0.2) is 17.3 Å². The van der Waals surface area contributed by atoms with E-state index in [1.165, 1.54) is 6.26 Å². The first-order valence-corrected chi connectivity index (χ1v) is 6.90. The molecule has 0 spiro atoms. The number of carbonyl (C=O) groups is 1. The molecule has 0 saturated carbocycles. The number of hydrogen-bond donors (Lipinski definition) is 1. The van der Waals surface area contributed by atoms with Crippen molar-refractivity contribution in [1.29, 1.82) is 0 Å². The Balaban J connectivity index is 2.07. The van der Waals surface area contributed by atoms with Crippen molar-refractivity contribution in [2.75, 3.05) is 39.7 Å². The van der Waals surface area contributed by atoms with E-state index in [9.17, 15) is 4.79 Å². The van der Waals surface area contributed by atoms with Crippen molar-refractivity contribution in [1.82, 2.24) is 4.90 Å². The number of carbonyl (C=O) groups excluding carboxylic acids is 1. The molecule has 22 heavy (non-hydrogen) atoms. The zero-order chi connectivity index (χ0) is 15.9. The number of hydrogen-bond acceptors (Lipinski definition) is 5. The molecule has 118 valence electrons. The highest BCUT2D eigenvalue weighted by atomic mass is 16.5. The predicted octanol–water partition coefficient (Wildman–Crippen LogP) is 2.48. The number of methoxy groups -OCH3 is 1. The Morgan fingerprint density at radius 2 is 2.09 bits per heavy atom. The van der Waals surface area contributed by atoms with E-state index in [1.807, 2.05) is 19.0 Å². The predicted molar refractivity (Wildman–Crippen MR) is 83.7 cm³/mol. The minimum Gasteiger partial charge on any atom is -0.493 e. The number of ether oxygens (including phenoxy) is 2. The average Bonchev–Trinajstić information content (AvgIpc) is 3.01. The molecular weight excluding hydrogens is 284 g/mol. The standard InChI is InChI=1S/C16H20N2O4/c1-18(2)8-10-22-15-11-12(6-7-13(15)20-3)17-16(19)14-5-4-9-21-14/h4-7,9,11H,8,10H2,1-3H3,(H,17,19). The molecule has 1 aromatic heterocycles. The van der Waals surface area contributed by atoms with Crippen LogP contribution in [0.2, 0.25) is 0 Å². The number of furan rings is 1. The molecule has 0 aliphatic rings. The molecular formula is C16H20N2O4. The fourth-order valence-corrected chi connectivity index (χ4v) is 1.81. The van der Waals surface area contributed by atoms with Crippen LogP contribution in [0.25, 0.3) is 0 Å². The number of nitrogens with zero attached hydrogens (tertiary/aromatic N) is 1.